The number of hydrogen-bond donors (Lipinski definition) is 3. The zero-order chi connectivity index (χ0) is 30.5. The van der Waals surface area contributed by atoms with Gasteiger partial charge in [-0.05, 0) is 31.5 Å². The number of para-hydroxylation sites is 1. The number of nitriles is 1. The van der Waals surface area contributed by atoms with Crippen LogP contribution in [0.15, 0.2) is 94.8 Å². The minimum absolute atomic E-state index is 0.125. The van der Waals surface area contributed by atoms with Gasteiger partial charge in [-0.3, -0.25) is 24.0 Å². The molecule has 6 atom stereocenters. The van der Waals surface area contributed by atoms with E-state index in [9.17, 15) is 29.3 Å². The summed E-state index contributed by atoms with van der Waals surface area (Å²) in [5.41, 5.74) is -2.89. The monoisotopic (exact) mass is 596 g/mol. The van der Waals surface area contributed by atoms with E-state index in [-0.39, 0.29) is 5.75 Å². The molecule has 3 N–H and O–H groups in total. The quantitative estimate of drug-likeness (QED) is 0.168. The number of nitrogens with zero attached hydrogens (tertiary/aromatic N) is 2. The first-order chi connectivity index (χ1) is 20.0. The first-order valence-electron chi connectivity index (χ1n) is 12.7. The summed E-state index contributed by atoms with van der Waals surface area (Å²) < 4.78 is 37.2. The molecule has 1 fully saturated rings. The van der Waals surface area contributed by atoms with Crippen molar-refractivity contribution in [3.05, 3.63) is 112 Å². The molecule has 1 aliphatic heterocycles. The number of benzene rings is 2. The molecule has 0 bridgehead atoms. The number of aromatic amines is 1. The van der Waals surface area contributed by atoms with Crippen LogP contribution in [0.3, 0.4) is 0 Å². The smallest absolute Gasteiger partial charge is 0.453 e. The molecule has 14 heteroatoms. The summed E-state index contributed by atoms with van der Waals surface area (Å²) in [4.78, 5) is 38.7. The van der Waals surface area contributed by atoms with E-state index in [2.05, 4.69) is 16.7 Å². The molecule has 42 heavy (non-hydrogen) atoms. The molecule has 4 rings (SSSR count). The number of esters is 1. The van der Waals surface area contributed by atoms with Crippen LogP contribution < -0.4 is 20.9 Å². The van der Waals surface area contributed by atoms with Crippen molar-refractivity contribution in [2.24, 2.45) is 5.41 Å². The van der Waals surface area contributed by atoms with Crippen molar-refractivity contribution >= 4 is 13.7 Å². The van der Waals surface area contributed by atoms with Crippen LogP contribution in [0.4, 0.5) is 0 Å². The van der Waals surface area contributed by atoms with Crippen molar-refractivity contribution in [2.75, 3.05) is 6.61 Å². The maximum Gasteiger partial charge on any atom is 0.486 e. The van der Waals surface area contributed by atoms with E-state index in [1.165, 1.54) is 19.1 Å². The van der Waals surface area contributed by atoms with Gasteiger partial charge in [0.15, 0.2) is 6.23 Å². The van der Waals surface area contributed by atoms with Crippen LogP contribution in [0.25, 0.3) is 0 Å². The van der Waals surface area contributed by atoms with E-state index in [1.54, 1.807) is 49.4 Å². The molecule has 220 valence electrons. The summed E-state index contributed by atoms with van der Waals surface area (Å²) in [6.07, 6.45) is -3.66. The predicted octanol–water partition coefficient (Wildman–Crippen LogP) is 2.94. The van der Waals surface area contributed by atoms with E-state index < -0.39 is 67.2 Å². The molecular formula is C28H29N4O9P. The van der Waals surface area contributed by atoms with Gasteiger partial charge >= 0.3 is 19.4 Å². The first kappa shape index (κ1) is 30.5. The number of aliphatic hydroxyl groups excluding tert-OH is 1. The highest BCUT2D eigenvalue weighted by Gasteiger charge is 2.55. The summed E-state index contributed by atoms with van der Waals surface area (Å²) >= 11 is 0. The lowest BCUT2D eigenvalue weighted by molar-refractivity contribution is -0.144. The number of hydrogen-bond acceptors (Lipinski definition) is 10. The van der Waals surface area contributed by atoms with Gasteiger partial charge in [0.25, 0.3) is 5.56 Å². The Balaban J connectivity index is 1.52. The van der Waals surface area contributed by atoms with Gasteiger partial charge in [-0.2, -0.15) is 5.26 Å². The van der Waals surface area contributed by atoms with E-state index >= 15 is 0 Å². The molecule has 0 spiro atoms. The van der Waals surface area contributed by atoms with E-state index in [4.69, 9.17) is 18.5 Å². The molecule has 1 unspecified atom stereocenters. The van der Waals surface area contributed by atoms with Crippen LogP contribution in [0.1, 0.15) is 31.7 Å². The normalized spacial score (nSPS) is 23.6. The van der Waals surface area contributed by atoms with Gasteiger partial charge in [0.1, 0.15) is 35.2 Å². The lowest BCUT2D eigenvalue weighted by Crippen LogP contribution is -2.40. The van der Waals surface area contributed by atoms with Gasteiger partial charge in [-0.1, -0.05) is 55.1 Å². The Morgan fingerprint density at radius 2 is 1.86 bits per heavy atom. The Labute approximate surface area is 240 Å². The highest BCUT2D eigenvalue weighted by Crippen LogP contribution is 2.49. The summed E-state index contributed by atoms with van der Waals surface area (Å²) in [5, 5.41) is 23.2. The Hall–Kier alpha value is -4.47. The molecule has 0 saturated carbocycles. The highest BCUT2D eigenvalue weighted by atomic mass is 31.2. The van der Waals surface area contributed by atoms with Crippen molar-refractivity contribution < 1.29 is 33.0 Å². The second-order valence-electron chi connectivity index (χ2n) is 9.63. The third-order valence-electron chi connectivity index (χ3n) is 6.58. The van der Waals surface area contributed by atoms with E-state index in [1.807, 2.05) is 12.1 Å². The van der Waals surface area contributed by atoms with Crippen LogP contribution >= 0.6 is 7.75 Å². The van der Waals surface area contributed by atoms with Crippen molar-refractivity contribution in [1.82, 2.24) is 14.6 Å². The maximum atomic E-state index is 13.9. The minimum Gasteiger partial charge on any atom is -0.453 e. The van der Waals surface area contributed by atoms with Crippen LogP contribution in [0.5, 0.6) is 5.75 Å². The molecule has 13 nitrogen and oxygen atoms in total. The molecule has 2 heterocycles. The van der Waals surface area contributed by atoms with Crippen LogP contribution in [0.2, 0.25) is 0 Å². The SMILES string of the molecule is C=C(NP(=O)(OC[C@H]1O[C@@H](n2ccc(=O)[nH]c2=O)[C@](C)(C#N)[C@@H]1O)Oc1ccccc1)C(=O)O[C@@H](C)c1ccccc1. The minimum atomic E-state index is -4.44. The number of aromatic nitrogens is 2. The number of carbonyl (C=O) groups is 1. The average molecular weight is 597 g/mol. The number of H-pyrrole nitrogens is 1. The van der Waals surface area contributed by atoms with Gasteiger partial charge in [0, 0.05) is 12.3 Å². The fourth-order valence-electron chi connectivity index (χ4n) is 4.24. The van der Waals surface area contributed by atoms with Gasteiger partial charge in [-0.15, -0.1) is 0 Å². The van der Waals surface area contributed by atoms with Crippen molar-refractivity contribution in [3.8, 4) is 11.8 Å². The molecule has 1 saturated heterocycles. The summed E-state index contributed by atoms with van der Waals surface area (Å²) in [6.45, 7) is 6.04. The van der Waals surface area contributed by atoms with Crippen molar-refractivity contribution in [2.45, 2.75) is 38.4 Å². The number of nitrogens with one attached hydrogen (secondary N) is 2. The van der Waals surface area contributed by atoms with Crippen LogP contribution in [-0.2, 0) is 23.4 Å². The number of rotatable bonds is 11. The number of ether oxygens (including phenoxy) is 2. The molecular weight excluding hydrogens is 567 g/mol. The topological polar surface area (TPSA) is 182 Å². The van der Waals surface area contributed by atoms with Crippen molar-refractivity contribution in [1.29, 1.82) is 5.26 Å². The van der Waals surface area contributed by atoms with Gasteiger partial charge in [0.2, 0.25) is 0 Å². The zero-order valence-corrected chi connectivity index (χ0v) is 23.6. The average Bonchev–Trinajstić information content (AvgIpc) is 3.22. The third kappa shape index (κ3) is 6.70. The fourth-order valence-corrected chi connectivity index (χ4v) is 5.57. The second-order valence-corrected chi connectivity index (χ2v) is 11.3. The van der Waals surface area contributed by atoms with Gasteiger partial charge in [0.05, 0.1) is 12.7 Å². The summed E-state index contributed by atoms with van der Waals surface area (Å²) in [5.74, 6) is -0.793. The van der Waals surface area contributed by atoms with E-state index in [0.717, 1.165) is 22.4 Å². The lowest BCUT2D eigenvalue weighted by atomic mass is 9.84. The lowest BCUT2D eigenvalue weighted by Gasteiger charge is -2.26. The highest BCUT2D eigenvalue weighted by molar-refractivity contribution is 7.52. The predicted molar refractivity (Wildman–Crippen MR) is 149 cm³/mol. The number of carbonyl (C=O) groups excluding carboxylic acids is 1. The number of aliphatic hydroxyl groups is 1. The van der Waals surface area contributed by atoms with Crippen LogP contribution in [-0.4, -0.2) is 39.4 Å². The molecule has 1 aromatic heterocycles. The van der Waals surface area contributed by atoms with Crippen molar-refractivity contribution in [3.63, 3.8) is 0 Å². The molecule has 0 radical (unpaired) electrons. The molecule has 0 amide bonds. The zero-order valence-electron chi connectivity index (χ0n) is 22.7. The standard InChI is InChI=1S/C28H29N4O9P/c1-18(25(35)39-19(2)20-10-6-4-7-11-20)31-42(37,41-21-12-8-5-9-13-21)38-16-22-24(34)28(3,17-29)26(40-22)32-15-14-23(33)30-27(32)36/h4-15,19,22,24,26,34H,1,16H2,2-3H3,(H,31,37)(H,30,33,36)/t19-,22+,24+,26+,28+,42?/m0/s1. The Bertz CT molecular complexity index is 1640. The Morgan fingerprint density at radius 3 is 2.48 bits per heavy atom. The van der Waals surface area contributed by atoms with E-state index in [0.29, 0.717) is 0 Å². The molecule has 2 aromatic carbocycles. The fraction of sp³-hybridized carbons (Fsp3) is 0.286. The largest absolute Gasteiger partial charge is 0.486 e. The maximum absolute atomic E-state index is 13.9. The molecule has 0 aliphatic carbocycles. The van der Waals surface area contributed by atoms with Gasteiger partial charge < -0.3 is 19.1 Å². The Morgan fingerprint density at radius 1 is 1.21 bits per heavy atom. The molecule has 1 aliphatic rings. The second kappa shape index (κ2) is 12.6. The molecule has 3 aromatic rings. The summed E-state index contributed by atoms with van der Waals surface area (Å²) in [6, 6.07) is 19.9. The Kier molecular flexibility index (Phi) is 9.14. The van der Waals surface area contributed by atoms with Crippen LogP contribution in [0, 0.1) is 16.7 Å². The van der Waals surface area contributed by atoms with Gasteiger partial charge in [-0.25, -0.2) is 14.2 Å². The third-order valence-corrected chi connectivity index (χ3v) is 8.06. The summed E-state index contributed by atoms with van der Waals surface area (Å²) in [7, 11) is -4.44. The first-order valence-corrected chi connectivity index (χ1v) is 14.3.